The number of hydrogen-bond acceptors (Lipinski definition) is 3. The molecule has 0 aromatic carbocycles. The van der Waals surface area contributed by atoms with Crippen LogP contribution < -0.4 is 5.73 Å². The van der Waals surface area contributed by atoms with Crippen LogP contribution in [0, 0.1) is 0 Å². The van der Waals surface area contributed by atoms with Gasteiger partial charge in [0.15, 0.2) is 0 Å². The highest BCUT2D eigenvalue weighted by atomic mass is 16.2. The normalized spacial score (nSPS) is 33.9. The predicted molar refractivity (Wildman–Crippen MR) is 51.3 cm³/mol. The molecule has 2 amide bonds. The van der Waals surface area contributed by atoms with Crippen LogP contribution in [0.4, 0.5) is 0 Å². The average molecular weight is 196 g/mol. The van der Waals surface area contributed by atoms with Crippen LogP contribution in [0.25, 0.3) is 0 Å². The second-order valence-corrected chi connectivity index (χ2v) is 4.17. The lowest BCUT2D eigenvalue weighted by atomic mass is 9.90. The maximum absolute atomic E-state index is 11.5. The van der Waals surface area contributed by atoms with Crippen molar-refractivity contribution in [3.8, 4) is 0 Å². The van der Waals surface area contributed by atoms with Crippen LogP contribution in [0.3, 0.4) is 0 Å². The van der Waals surface area contributed by atoms with Crippen molar-refractivity contribution in [3.63, 3.8) is 0 Å². The van der Waals surface area contributed by atoms with Crippen LogP contribution in [0.2, 0.25) is 0 Å². The number of imide groups is 1. The van der Waals surface area contributed by atoms with Crippen LogP contribution in [0.5, 0.6) is 0 Å². The maximum atomic E-state index is 11.5. The predicted octanol–water partition coefficient (Wildman–Crippen LogP) is 0.405. The highest BCUT2D eigenvalue weighted by molar-refractivity contribution is 6.02. The summed E-state index contributed by atoms with van der Waals surface area (Å²) in [5, 5.41) is 0. The third-order valence-corrected chi connectivity index (χ3v) is 3.20. The number of carbonyl (C=O) groups excluding carboxylic acids is 2. The third kappa shape index (κ3) is 1.54. The highest BCUT2D eigenvalue weighted by Gasteiger charge is 2.38. The summed E-state index contributed by atoms with van der Waals surface area (Å²) in [7, 11) is 0. The van der Waals surface area contributed by atoms with Gasteiger partial charge < -0.3 is 5.73 Å². The zero-order valence-corrected chi connectivity index (χ0v) is 8.24. The molecule has 2 fully saturated rings. The van der Waals surface area contributed by atoms with Gasteiger partial charge in [0.05, 0.1) is 6.04 Å². The second kappa shape index (κ2) is 3.69. The molecule has 78 valence electrons. The van der Waals surface area contributed by atoms with Gasteiger partial charge in [-0.3, -0.25) is 14.5 Å². The van der Waals surface area contributed by atoms with E-state index in [9.17, 15) is 9.59 Å². The Morgan fingerprint density at radius 2 is 1.64 bits per heavy atom. The Morgan fingerprint density at radius 3 is 2.21 bits per heavy atom. The summed E-state index contributed by atoms with van der Waals surface area (Å²) in [4.78, 5) is 24.4. The van der Waals surface area contributed by atoms with E-state index in [4.69, 9.17) is 5.73 Å². The Labute approximate surface area is 83.4 Å². The molecule has 14 heavy (non-hydrogen) atoms. The zero-order chi connectivity index (χ0) is 10.1. The van der Waals surface area contributed by atoms with Gasteiger partial charge in [0.2, 0.25) is 11.8 Å². The summed E-state index contributed by atoms with van der Waals surface area (Å²) in [5.41, 5.74) is 5.94. The van der Waals surface area contributed by atoms with E-state index >= 15 is 0 Å². The molecular formula is C10H16N2O2. The summed E-state index contributed by atoms with van der Waals surface area (Å²) in [6.07, 6.45) is 4.77. The smallest absolute Gasteiger partial charge is 0.229 e. The van der Waals surface area contributed by atoms with Crippen LogP contribution in [0.1, 0.15) is 38.5 Å². The fraction of sp³-hybridized carbons (Fsp3) is 0.800. The van der Waals surface area contributed by atoms with E-state index in [0.717, 1.165) is 25.7 Å². The number of amides is 2. The number of carbonyl (C=O) groups is 2. The summed E-state index contributed by atoms with van der Waals surface area (Å²) in [6.45, 7) is 0. The topological polar surface area (TPSA) is 63.4 Å². The van der Waals surface area contributed by atoms with Gasteiger partial charge in [-0.25, -0.2) is 0 Å². The molecule has 1 saturated carbocycles. The van der Waals surface area contributed by atoms with E-state index in [1.807, 2.05) is 0 Å². The molecule has 2 atom stereocenters. The average Bonchev–Trinajstić information content (AvgIpc) is 2.48. The Morgan fingerprint density at radius 1 is 1.07 bits per heavy atom. The van der Waals surface area contributed by atoms with Gasteiger partial charge in [0.25, 0.3) is 0 Å². The van der Waals surface area contributed by atoms with Gasteiger partial charge in [-0.2, -0.15) is 0 Å². The molecule has 0 aromatic rings. The molecule has 2 aliphatic rings. The largest absolute Gasteiger partial charge is 0.326 e. The van der Waals surface area contributed by atoms with Crippen LogP contribution in [0.15, 0.2) is 0 Å². The Hall–Kier alpha value is -0.900. The number of hydrogen-bond donors (Lipinski definition) is 1. The minimum atomic E-state index is -0.0302. The minimum absolute atomic E-state index is 0.00486. The first kappa shape index (κ1) is 9.65. The van der Waals surface area contributed by atoms with Crippen LogP contribution in [-0.4, -0.2) is 28.8 Å². The van der Waals surface area contributed by atoms with E-state index < -0.39 is 0 Å². The van der Waals surface area contributed by atoms with Gasteiger partial charge in [-0.15, -0.1) is 0 Å². The SMILES string of the molecule is NC1CCCCC1N1C(=O)CCC1=O. The maximum Gasteiger partial charge on any atom is 0.229 e. The Bertz CT molecular complexity index is 249. The number of nitrogens with two attached hydrogens (primary N) is 1. The highest BCUT2D eigenvalue weighted by Crippen LogP contribution is 2.26. The molecule has 4 heteroatoms. The molecule has 4 nitrogen and oxygen atoms in total. The standard InChI is InChI=1S/C10H16N2O2/c11-7-3-1-2-4-8(7)12-9(13)5-6-10(12)14/h7-8H,1-6,11H2. The lowest BCUT2D eigenvalue weighted by molar-refractivity contribution is -0.142. The molecule has 1 heterocycles. The molecular weight excluding hydrogens is 180 g/mol. The molecule has 2 unspecified atom stereocenters. The first-order chi connectivity index (χ1) is 6.70. The van der Waals surface area contributed by atoms with Crippen LogP contribution in [-0.2, 0) is 9.59 Å². The molecule has 2 N–H and O–H groups in total. The summed E-state index contributed by atoms with van der Waals surface area (Å²) in [5.74, 6) is -0.0605. The van der Waals surface area contributed by atoms with E-state index in [1.54, 1.807) is 0 Å². The number of likely N-dealkylation sites (tertiary alicyclic amines) is 1. The van der Waals surface area contributed by atoms with Gasteiger partial charge >= 0.3 is 0 Å². The van der Waals surface area contributed by atoms with Gasteiger partial charge in [0.1, 0.15) is 0 Å². The molecule has 0 aromatic heterocycles. The summed E-state index contributed by atoms with van der Waals surface area (Å²) < 4.78 is 0. The first-order valence-electron chi connectivity index (χ1n) is 5.30. The summed E-state index contributed by atoms with van der Waals surface area (Å²) in [6, 6.07) is -0.0269. The van der Waals surface area contributed by atoms with Crippen molar-refractivity contribution in [1.29, 1.82) is 0 Å². The monoisotopic (exact) mass is 196 g/mol. The van der Waals surface area contributed by atoms with Crippen molar-refractivity contribution in [2.24, 2.45) is 5.73 Å². The van der Waals surface area contributed by atoms with Crippen molar-refractivity contribution in [1.82, 2.24) is 4.90 Å². The number of nitrogens with zero attached hydrogens (tertiary/aromatic N) is 1. The Balaban J connectivity index is 2.12. The van der Waals surface area contributed by atoms with Gasteiger partial charge in [-0.05, 0) is 12.8 Å². The molecule has 1 aliphatic carbocycles. The number of rotatable bonds is 1. The minimum Gasteiger partial charge on any atom is -0.326 e. The summed E-state index contributed by atoms with van der Waals surface area (Å²) >= 11 is 0. The van der Waals surface area contributed by atoms with E-state index in [2.05, 4.69) is 0 Å². The zero-order valence-electron chi connectivity index (χ0n) is 8.24. The fourth-order valence-corrected chi connectivity index (χ4v) is 2.42. The Kier molecular flexibility index (Phi) is 2.54. The molecule has 1 saturated heterocycles. The van der Waals surface area contributed by atoms with E-state index in [1.165, 1.54) is 4.90 Å². The molecule has 2 rings (SSSR count). The van der Waals surface area contributed by atoms with Crippen molar-refractivity contribution in [2.45, 2.75) is 50.6 Å². The van der Waals surface area contributed by atoms with E-state index in [0.29, 0.717) is 12.8 Å². The fourth-order valence-electron chi connectivity index (χ4n) is 2.42. The molecule has 0 spiro atoms. The molecule has 0 bridgehead atoms. The van der Waals surface area contributed by atoms with Crippen molar-refractivity contribution >= 4 is 11.8 Å². The molecule has 1 aliphatic heterocycles. The second-order valence-electron chi connectivity index (χ2n) is 4.17. The van der Waals surface area contributed by atoms with Crippen molar-refractivity contribution in [2.75, 3.05) is 0 Å². The van der Waals surface area contributed by atoms with Gasteiger partial charge in [-0.1, -0.05) is 12.8 Å². The molecule has 0 radical (unpaired) electrons. The van der Waals surface area contributed by atoms with Crippen molar-refractivity contribution in [3.05, 3.63) is 0 Å². The van der Waals surface area contributed by atoms with Crippen molar-refractivity contribution < 1.29 is 9.59 Å². The van der Waals surface area contributed by atoms with E-state index in [-0.39, 0.29) is 23.9 Å². The first-order valence-corrected chi connectivity index (χ1v) is 5.30. The quantitative estimate of drug-likeness (QED) is 0.618. The third-order valence-electron chi connectivity index (χ3n) is 3.20. The lowest BCUT2D eigenvalue weighted by Crippen LogP contribution is -2.51. The van der Waals surface area contributed by atoms with Crippen LogP contribution >= 0.6 is 0 Å². The lowest BCUT2D eigenvalue weighted by Gasteiger charge is -2.34. The van der Waals surface area contributed by atoms with Gasteiger partial charge in [0, 0.05) is 18.9 Å².